The molecule has 1 aromatic rings. The first-order valence-electron chi connectivity index (χ1n) is 9.07. The van der Waals surface area contributed by atoms with E-state index in [2.05, 4.69) is 0 Å². The molecule has 0 saturated heterocycles. The minimum absolute atomic E-state index is 0.0652. The van der Waals surface area contributed by atoms with Gasteiger partial charge in [0.15, 0.2) is 0 Å². The van der Waals surface area contributed by atoms with Crippen LogP contribution in [0.15, 0.2) is 29.2 Å². The van der Waals surface area contributed by atoms with Crippen LogP contribution in [0.5, 0.6) is 5.75 Å². The number of carbonyl (C=O) groups excluding carboxylic acids is 2. The van der Waals surface area contributed by atoms with Gasteiger partial charge < -0.3 is 9.47 Å². The summed E-state index contributed by atoms with van der Waals surface area (Å²) in [5.74, 6) is 1.02. The van der Waals surface area contributed by atoms with Crippen LogP contribution in [0.1, 0.15) is 39.7 Å². The molecular formula is C20H27NO4S. The van der Waals surface area contributed by atoms with Crippen LogP contribution in [0.25, 0.3) is 5.57 Å². The molecule has 2 amide bonds. The topological polar surface area (TPSA) is 55.8 Å². The monoisotopic (exact) mass is 377 g/mol. The summed E-state index contributed by atoms with van der Waals surface area (Å²) in [6.45, 7) is 9.14. The van der Waals surface area contributed by atoms with Crippen molar-refractivity contribution in [1.82, 2.24) is 4.90 Å². The first-order chi connectivity index (χ1) is 12.5. The van der Waals surface area contributed by atoms with Gasteiger partial charge in [0.25, 0.3) is 11.8 Å². The summed E-state index contributed by atoms with van der Waals surface area (Å²) in [5.41, 5.74) is 1.23. The molecule has 1 aliphatic rings. The van der Waals surface area contributed by atoms with E-state index in [0.29, 0.717) is 23.7 Å². The number of hydrogen-bond donors (Lipinski definition) is 0. The highest BCUT2D eigenvalue weighted by molar-refractivity contribution is 8.04. The van der Waals surface area contributed by atoms with Gasteiger partial charge in [-0.3, -0.25) is 14.5 Å². The van der Waals surface area contributed by atoms with Gasteiger partial charge in [0, 0.05) is 0 Å². The maximum absolute atomic E-state index is 12.9. The van der Waals surface area contributed by atoms with Gasteiger partial charge in [-0.15, -0.1) is 11.8 Å². The Labute approximate surface area is 159 Å². The molecule has 1 heterocycles. The number of imide groups is 1. The Morgan fingerprint density at radius 3 is 2.31 bits per heavy atom. The van der Waals surface area contributed by atoms with Crippen LogP contribution in [0.4, 0.5) is 0 Å². The van der Waals surface area contributed by atoms with Crippen molar-refractivity contribution in [2.45, 2.75) is 40.2 Å². The third-order valence-electron chi connectivity index (χ3n) is 3.80. The van der Waals surface area contributed by atoms with Gasteiger partial charge in [0.2, 0.25) is 0 Å². The number of benzene rings is 1. The lowest BCUT2D eigenvalue weighted by molar-refractivity contribution is -0.137. The Morgan fingerprint density at radius 1 is 1.04 bits per heavy atom. The molecule has 0 atom stereocenters. The van der Waals surface area contributed by atoms with Crippen LogP contribution >= 0.6 is 11.8 Å². The smallest absolute Gasteiger partial charge is 0.268 e. The van der Waals surface area contributed by atoms with Crippen molar-refractivity contribution in [3.8, 4) is 5.75 Å². The second-order valence-electron chi connectivity index (χ2n) is 6.19. The van der Waals surface area contributed by atoms with E-state index in [1.807, 2.05) is 52.0 Å². The predicted molar refractivity (Wildman–Crippen MR) is 105 cm³/mol. The van der Waals surface area contributed by atoms with Gasteiger partial charge in [-0.25, -0.2) is 0 Å². The van der Waals surface area contributed by atoms with E-state index < -0.39 is 0 Å². The van der Waals surface area contributed by atoms with E-state index >= 15 is 0 Å². The quantitative estimate of drug-likeness (QED) is 0.582. The molecule has 0 bridgehead atoms. The molecule has 1 aliphatic heterocycles. The summed E-state index contributed by atoms with van der Waals surface area (Å²) in [5, 5.41) is 0. The standard InChI is InChI=1S/C20H27NO4S/c1-5-12-25-16-9-7-15(8-10-16)17-18(26-6-2)20(23)21(19(17)22)11-13-24-14(3)4/h7-10,14H,5-6,11-13H2,1-4H3. The SMILES string of the molecule is CCCOc1ccc(C2=C(SCC)C(=O)N(CCOC(C)C)C2=O)cc1. The fraction of sp³-hybridized carbons (Fsp3) is 0.500. The van der Waals surface area contributed by atoms with Crippen molar-refractivity contribution < 1.29 is 19.1 Å². The third-order valence-corrected chi connectivity index (χ3v) is 4.75. The largest absolute Gasteiger partial charge is 0.494 e. The van der Waals surface area contributed by atoms with Gasteiger partial charge in [-0.2, -0.15) is 0 Å². The summed E-state index contributed by atoms with van der Waals surface area (Å²) in [4.78, 5) is 27.4. The maximum Gasteiger partial charge on any atom is 0.268 e. The molecule has 2 rings (SSSR count). The second kappa shape index (κ2) is 9.78. The van der Waals surface area contributed by atoms with E-state index in [1.165, 1.54) is 16.7 Å². The first-order valence-corrected chi connectivity index (χ1v) is 10.1. The molecule has 0 unspecified atom stereocenters. The van der Waals surface area contributed by atoms with Gasteiger partial charge in [0.1, 0.15) is 5.75 Å². The minimum Gasteiger partial charge on any atom is -0.494 e. The number of rotatable bonds is 10. The number of ether oxygens (including phenoxy) is 2. The zero-order valence-electron chi connectivity index (χ0n) is 15.9. The molecule has 26 heavy (non-hydrogen) atoms. The number of nitrogens with zero attached hydrogens (tertiary/aromatic N) is 1. The van der Waals surface area contributed by atoms with Gasteiger partial charge in [-0.1, -0.05) is 26.0 Å². The average Bonchev–Trinajstić information content (AvgIpc) is 2.85. The van der Waals surface area contributed by atoms with Crippen LogP contribution < -0.4 is 4.74 Å². The van der Waals surface area contributed by atoms with E-state index in [9.17, 15) is 9.59 Å². The van der Waals surface area contributed by atoms with Crippen molar-refractivity contribution in [1.29, 1.82) is 0 Å². The highest BCUT2D eigenvalue weighted by Gasteiger charge is 2.38. The van der Waals surface area contributed by atoms with Crippen molar-refractivity contribution in [3.05, 3.63) is 34.7 Å². The van der Waals surface area contributed by atoms with Crippen molar-refractivity contribution in [2.75, 3.05) is 25.5 Å². The average molecular weight is 378 g/mol. The van der Waals surface area contributed by atoms with Gasteiger partial charge in [0.05, 0.1) is 36.3 Å². The highest BCUT2D eigenvalue weighted by Crippen LogP contribution is 2.36. The second-order valence-corrected chi connectivity index (χ2v) is 7.47. The lowest BCUT2D eigenvalue weighted by Gasteiger charge is -2.16. The summed E-state index contributed by atoms with van der Waals surface area (Å²) in [7, 11) is 0. The van der Waals surface area contributed by atoms with Gasteiger partial charge in [-0.05, 0) is 43.7 Å². The predicted octanol–water partition coefficient (Wildman–Crippen LogP) is 3.73. The molecule has 0 fully saturated rings. The number of hydrogen-bond acceptors (Lipinski definition) is 5. The first kappa shape index (κ1) is 20.5. The Hall–Kier alpha value is -1.79. The molecule has 0 radical (unpaired) electrons. The molecule has 0 aromatic heterocycles. The van der Waals surface area contributed by atoms with E-state index in [-0.39, 0.29) is 24.5 Å². The molecule has 0 spiro atoms. The number of amides is 2. The van der Waals surface area contributed by atoms with Crippen molar-refractivity contribution >= 4 is 29.1 Å². The van der Waals surface area contributed by atoms with Crippen molar-refractivity contribution in [3.63, 3.8) is 0 Å². The molecular weight excluding hydrogens is 350 g/mol. The van der Waals surface area contributed by atoms with Crippen LogP contribution in [0.3, 0.4) is 0 Å². The molecule has 0 saturated carbocycles. The van der Waals surface area contributed by atoms with Gasteiger partial charge >= 0.3 is 0 Å². The van der Waals surface area contributed by atoms with E-state index in [0.717, 1.165) is 23.5 Å². The van der Waals surface area contributed by atoms with E-state index in [4.69, 9.17) is 9.47 Å². The molecule has 0 N–H and O–H groups in total. The van der Waals surface area contributed by atoms with Crippen molar-refractivity contribution in [2.24, 2.45) is 0 Å². The Balaban J connectivity index is 2.22. The number of carbonyl (C=O) groups is 2. The molecule has 5 nitrogen and oxygen atoms in total. The highest BCUT2D eigenvalue weighted by atomic mass is 32.2. The molecule has 142 valence electrons. The fourth-order valence-corrected chi connectivity index (χ4v) is 3.48. The minimum atomic E-state index is -0.250. The number of thioether (sulfide) groups is 1. The fourth-order valence-electron chi connectivity index (χ4n) is 2.61. The lowest BCUT2D eigenvalue weighted by Crippen LogP contribution is -2.35. The Bertz CT molecular complexity index is 667. The molecule has 0 aliphatic carbocycles. The van der Waals surface area contributed by atoms with Crippen LogP contribution in [0, 0.1) is 0 Å². The van der Waals surface area contributed by atoms with Crippen LogP contribution in [-0.2, 0) is 14.3 Å². The maximum atomic E-state index is 12.9. The third kappa shape index (κ3) is 4.89. The normalized spacial score (nSPS) is 14.7. The summed E-state index contributed by atoms with van der Waals surface area (Å²) in [6, 6.07) is 7.37. The van der Waals surface area contributed by atoms with Crippen LogP contribution in [-0.4, -0.2) is 48.3 Å². The summed E-state index contributed by atoms with van der Waals surface area (Å²) in [6.07, 6.45) is 1.00. The zero-order chi connectivity index (χ0) is 19.1. The molecule has 1 aromatic carbocycles. The summed E-state index contributed by atoms with van der Waals surface area (Å²) < 4.78 is 11.1. The Kier molecular flexibility index (Phi) is 7.72. The summed E-state index contributed by atoms with van der Waals surface area (Å²) >= 11 is 1.41. The lowest BCUT2D eigenvalue weighted by atomic mass is 10.1. The van der Waals surface area contributed by atoms with E-state index in [1.54, 1.807) is 0 Å². The molecule has 6 heteroatoms. The zero-order valence-corrected chi connectivity index (χ0v) is 16.7. The Morgan fingerprint density at radius 2 is 1.73 bits per heavy atom. The van der Waals surface area contributed by atoms with Crippen LogP contribution in [0.2, 0.25) is 0 Å².